The third-order valence-corrected chi connectivity index (χ3v) is 3.47. The van der Waals surface area contributed by atoms with Gasteiger partial charge in [-0.15, -0.1) is 0 Å². The van der Waals surface area contributed by atoms with Crippen LogP contribution in [-0.4, -0.2) is 6.29 Å². The SMILES string of the molecule is NC1CC(Oc2ccc(C(F)(F)F)cc2)Oc2ccccc21. The molecule has 22 heavy (non-hydrogen) atoms. The van der Waals surface area contributed by atoms with Crippen LogP contribution in [0.4, 0.5) is 13.2 Å². The van der Waals surface area contributed by atoms with Crippen LogP contribution in [0.3, 0.4) is 0 Å². The van der Waals surface area contributed by atoms with Crippen LogP contribution in [0, 0.1) is 0 Å². The van der Waals surface area contributed by atoms with E-state index in [1.54, 1.807) is 6.07 Å². The lowest BCUT2D eigenvalue weighted by atomic mass is 10.0. The highest BCUT2D eigenvalue weighted by Crippen LogP contribution is 2.34. The topological polar surface area (TPSA) is 44.5 Å². The van der Waals surface area contributed by atoms with Crippen molar-refractivity contribution in [1.82, 2.24) is 0 Å². The van der Waals surface area contributed by atoms with E-state index in [9.17, 15) is 13.2 Å². The highest BCUT2D eigenvalue weighted by atomic mass is 19.4. The maximum atomic E-state index is 12.5. The smallest absolute Gasteiger partial charge is 0.416 e. The van der Waals surface area contributed by atoms with Crippen molar-refractivity contribution in [1.29, 1.82) is 0 Å². The molecule has 0 saturated heterocycles. The average molecular weight is 309 g/mol. The molecular weight excluding hydrogens is 295 g/mol. The molecule has 0 saturated carbocycles. The quantitative estimate of drug-likeness (QED) is 0.915. The third-order valence-electron chi connectivity index (χ3n) is 3.47. The Kier molecular flexibility index (Phi) is 3.70. The Hall–Kier alpha value is -2.21. The highest BCUT2D eigenvalue weighted by molar-refractivity contribution is 5.37. The summed E-state index contributed by atoms with van der Waals surface area (Å²) in [6.45, 7) is 0. The molecule has 3 rings (SSSR count). The number of rotatable bonds is 2. The molecule has 2 atom stereocenters. The maximum absolute atomic E-state index is 12.5. The number of benzene rings is 2. The summed E-state index contributed by atoms with van der Waals surface area (Å²) in [6.07, 6.45) is -4.55. The first-order valence-corrected chi connectivity index (χ1v) is 6.78. The van der Waals surface area contributed by atoms with Crippen LogP contribution in [0.2, 0.25) is 0 Å². The number of hydrogen-bond acceptors (Lipinski definition) is 3. The van der Waals surface area contributed by atoms with E-state index in [0.29, 0.717) is 17.9 Å². The van der Waals surface area contributed by atoms with Crippen LogP contribution >= 0.6 is 0 Å². The number of alkyl halides is 3. The van der Waals surface area contributed by atoms with E-state index in [1.165, 1.54) is 12.1 Å². The predicted molar refractivity (Wildman–Crippen MR) is 74.5 cm³/mol. The van der Waals surface area contributed by atoms with E-state index < -0.39 is 18.0 Å². The lowest BCUT2D eigenvalue weighted by molar-refractivity contribution is -0.137. The zero-order valence-corrected chi connectivity index (χ0v) is 11.5. The van der Waals surface area contributed by atoms with Gasteiger partial charge in [-0.2, -0.15) is 13.2 Å². The van der Waals surface area contributed by atoms with Crippen LogP contribution in [0.1, 0.15) is 23.6 Å². The van der Waals surface area contributed by atoms with Crippen LogP contribution in [0.15, 0.2) is 48.5 Å². The van der Waals surface area contributed by atoms with Gasteiger partial charge in [0, 0.05) is 18.0 Å². The standard InChI is InChI=1S/C16H14F3NO2/c17-16(18,19)10-5-7-11(8-6-10)21-15-9-13(20)12-3-1-2-4-14(12)22-15/h1-8,13,15H,9,20H2. The number of para-hydroxylation sites is 1. The molecule has 0 fully saturated rings. The Morgan fingerprint density at radius 1 is 1.05 bits per heavy atom. The molecule has 0 bridgehead atoms. The van der Waals surface area contributed by atoms with Gasteiger partial charge >= 0.3 is 6.18 Å². The second-order valence-electron chi connectivity index (χ2n) is 5.07. The molecule has 2 unspecified atom stereocenters. The average Bonchev–Trinajstić information content (AvgIpc) is 2.47. The summed E-state index contributed by atoms with van der Waals surface area (Å²) >= 11 is 0. The van der Waals surface area contributed by atoms with Crippen molar-refractivity contribution in [3.8, 4) is 11.5 Å². The molecule has 0 aliphatic carbocycles. The number of halogens is 3. The van der Waals surface area contributed by atoms with Crippen molar-refractivity contribution < 1.29 is 22.6 Å². The first-order valence-electron chi connectivity index (χ1n) is 6.78. The van der Waals surface area contributed by atoms with Crippen molar-refractivity contribution in [2.75, 3.05) is 0 Å². The monoisotopic (exact) mass is 309 g/mol. The normalized spacial score (nSPS) is 20.9. The molecule has 116 valence electrons. The van der Waals surface area contributed by atoms with Gasteiger partial charge in [-0.1, -0.05) is 18.2 Å². The first-order chi connectivity index (χ1) is 10.4. The maximum Gasteiger partial charge on any atom is 0.416 e. The van der Waals surface area contributed by atoms with E-state index in [0.717, 1.165) is 17.7 Å². The fraction of sp³-hybridized carbons (Fsp3) is 0.250. The molecule has 0 amide bonds. The molecule has 0 spiro atoms. The highest BCUT2D eigenvalue weighted by Gasteiger charge is 2.31. The van der Waals surface area contributed by atoms with E-state index in [2.05, 4.69) is 0 Å². The molecule has 1 heterocycles. The molecule has 6 heteroatoms. The van der Waals surface area contributed by atoms with E-state index in [-0.39, 0.29) is 6.04 Å². The van der Waals surface area contributed by atoms with Gasteiger partial charge in [-0.3, -0.25) is 0 Å². The summed E-state index contributed by atoms with van der Waals surface area (Å²) in [6, 6.07) is 11.6. The minimum atomic E-state index is -4.36. The Balaban J connectivity index is 1.72. The number of fused-ring (bicyclic) bond motifs is 1. The molecular formula is C16H14F3NO2. The van der Waals surface area contributed by atoms with Crippen molar-refractivity contribution in [2.24, 2.45) is 5.73 Å². The molecule has 1 aliphatic rings. The Morgan fingerprint density at radius 3 is 2.41 bits per heavy atom. The van der Waals surface area contributed by atoms with Crippen molar-refractivity contribution in [2.45, 2.75) is 24.9 Å². The van der Waals surface area contributed by atoms with Crippen molar-refractivity contribution >= 4 is 0 Å². The summed E-state index contributed by atoms with van der Waals surface area (Å²) in [5, 5.41) is 0. The first kappa shape index (κ1) is 14.7. The molecule has 0 radical (unpaired) electrons. The van der Waals surface area contributed by atoms with Crippen LogP contribution in [0.5, 0.6) is 11.5 Å². The van der Waals surface area contributed by atoms with E-state index in [4.69, 9.17) is 15.2 Å². The van der Waals surface area contributed by atoms with Gasteiger partial charge in [-0.05, 0) is 30.3 Å². The zero-order chi connectivity index (χ0) is 15.7. The van der Waals surface area contributed by atoms with Crippen LogP contribution < -0.4 is 15.2 Å². The second-order valence-corrected chi connectivity index (χ2v) is 5.07. The van der Waals surface area contributed by atoms with Gasteiger partial charge in [0.25, 0.3) is 0 Å². The van der Waals surface area contributed by atoms with E-state index >= 15 is 0 Å². The second kappa shape index (κ2) is 5.53. The lowest BCUT2D eigenvalue weighted by Gasteiger charge is -2.30. The minimum Gasteiger partial charge on any atom is -0.455 e. The Bertz CT molecular complexity index is 655. The Labute approximate surface area is 125 Å². The van der Waals surface area contributed by atoms with Crippen LogP contribution in [0.25, 0.3) is 0 Å². The lowest BCUT2D eigenvalue weighted by Crippen LogP contribution is -2.33. The molecule has 1 aliphatic heterocycles. The molecule has 0 aromatic heterocycles. The largest absolute Gasteiger partial charge is 0.455 e. The molecule has 3 nitrogen and oxygen atoms in total. The van der Waals surface area contributed by atoms with Gasteiger partial charge in [-0.25, -0.2) is 0 Å². The van der Waals surface area contributed by atoms with Gasteiger partial charge in [0.05, 0.1) is 5.56 Å². The van der Waals surface area contributed by atoms with Crippen molar-refractivity contribution in [3.63, 3.8) is 0 Å². The van der Waals surface area contributed by atoms with Gasteiger partial charge < -0.3 is 15.2 Å². The summed E-state index contributed by atoms with van der Waals surface area (Å²) in [4.78, 5) is 0. The van der Waals surface area contributed by atoms with Gasteiger partial charge in [0.1, 0.15) is 11.5 Å². The zero-order valence-electron chi connectivity index (χ0n) is 11.5. The summed E-state index contributed by atoms with van der Waals surface area (Å²) < 4.78 is 48.8. The summed E-state index contributed by atoms with van der Waals surface area (Å²) in [5.74, 6) is 0.947. The molecule has 2 aromatic rings. The molecule has 2 N–H and O–H groups in total. The van der Waals surface area contributed by atoms with Crippen LogP contribution in [-0.2, 0) is 6.18 Å². The Morgan fingerprint density at radius 2 is 1.73 bits per heavy atom. The van der Waals surface area contributed by atoms with Gasteiger partial charge in [0.15, 0.2) is 0 Å². The number of ether oxygens (including phenoxy) is 2. The van der Waals surface area contributed by atoms with Crippen molar-refractivity contribution in [3.05, 3.63) is 59.7 Å². The van der Waals surface area contributed by atoms with E-state index in [1.807, 2.05) is 18.2 Å². The number of hydrogen-bond donors (Lipinski definition) is 1. The minimum absolute atomic E-state index is 0.232. The molecule has 2 aromatic carbocycles. The predicted octanol–water partition coefficient (Wildman–Crippen LogP) is 3.89. The summed E-state index contributed by atoms with van der Waals surface area (Å²) in [7, 11) is 0. The summed E-state index contributed by atoms with van der Waals surface area (Å²) in [5.41, 5.74) is 6.24. The van der Waals surface area contributed by atoms with Gasteiger partial charge in [0.2, 0.25) is 6.29 Å². The number of nitrogens with two attached hydrogens (primary N) is 1. The fourth-order valence-corrected chi connectivity index (χ4v) is 2.36. The third kappa shape index (κ3) is 3.01. The fourth-order valence-electron chi connectivity index (χ4n) is 2.36.